The van der Waals surface area contributed by atoms with Crippen LogP contribution < -0.4 is 25.8 Å². The quantitative estimate of drug-likeness (QED) is 0.414. The number of nitrogens with one attached hydrogen (secondary N) is 2. The Morgan fingerprint density at radius 1 is 1.10 bits per heavy atom. The number of hydrogen-bond donors (Lipinski definition) is 3. The molecule has 0 aliphatic carbocycles. The van der Waals surface area contributed by atoms with Gasteiger partial charge in [-0.15, -0.1) is 12.4 Å². The first-order chi connectivity index (χ1) is 14.1. The zero-order chi connectivity index (χ0) is 20.6. The normalized spacial score (nSPS) is 10.3. The van der Waals surface area contributed by atoms with Gasteiger partial charge in [0.1, 0.15) is 5.82 Å². The molecule has 3 rings (SSSR count). The number of unbranched alkanes of at least 4 members (excludes halogenated alkanes) is 2. The number of nitrogen functional groups attached to an aromatic ring is 1. The number of halogens is 1. The number of rotatable bonds is 10. The summed E-state index contributed by atoms with van der Waals surface area (Å²) in [5, 5.41) is 6.72. The maximum Gasteiger partial charge on any atom is 0.286 e. The van der Waals surface area contributed by atoms with Crippen LogP contribution in [0.15, 0.2) is 34.9 Å². The number of ether oxygens (including phenoxy) is 2. The van der Waals surface area contributed by atoms with Gasteiger partial charge in [0.15, 0.2) is 17.3 Å². The number of benzene rings is 1. The lowest BCUT2D eigenvalue weighted by atomic mass is 10.2. The number of nitrogens with zero attached hydrogens (tertiary/aromatic N) is 2. The van der Waals surface area contributed by atoms with Crippen molar-refractivity contribution in [1.82, 2.24) is 15.3 Å². The summed E-state index contributed by atoms with van der Waals surface area (Å²) in [5.74, 6) is 2.13. The van der Waals surface area contributed by atoms with Crippen LogP contribution in [0.5, 0.6) is 11.5 Å². The van der Waals surface area contributed by atoms with Crippen molar-refractivity contribution in [3.8, 4) is 11.5 Å². The topological polar surface area (TPSA) is 125 Å². The van der Waals surface area contributed by atoms with Gasteiger partial charge in [-0.3, -0.25) is 4.79 Å². The van der Waals surface area contributed by atoms with Gasteiger partial charge in [-0.05, 0) is 37.5 Å². The van der Waals surface area contributed by atoms with Crippen molar-refractivity contribution in [3.63, 3.8) is 0 Å². The van der Waals surface area contributed by atoms with Crippen molar-refractivity contribution in [2.75, 3.05) is 38.4 Å². The molecule has 4 N–H and O–H groups in total. The van der Waals surface area contributed by atoms with Crippen LogP contribution in [0.4, 0.5) is 11.8 Å². The van der Waals surface area contributed by atoms with Crippen molar-refractivity contribution < 1.29 is 18.7 Å². The second-order valence-corrected chi connectivity index (χ2v) is 6.38. The van der Waals surface area contributed by atoms with Gasteiger partial charge in [0.25, 0.3) is 5.91 Å². The highest BCUT2D eigenvalue weighted by Gasteiger charge is 2.11. The predicted molar refractivity (Wildman–Crippen MR) is 118 cm³/mol. The Bertz CT molecular complexity index is 965. The first kappa shape index (κ1) is 23.1. The molecule has 0 bridgehead atoms. The van der Waals surface area contributed by atoms with Gasteiger partial charge in [-0.1, -0.05) is 0 Å². The van der Waals surface area contributed by atoms with Gasteiger partial charge in [-0.25, -0.2) is 4.98 Å². The van der Waals surface area contributed by atoms with E-state index in [1.807, 2.05) is 0 Å². The fraction of sp³-hybridized carbons (Fsp3) is 0.350. The van der Waals surface area contributed by atoms with E-state index in [1.165, 1.54) is 6.26 Å². The molecule has 0 aliphatic heterocycles. The Kier molecular flexibility index (Phi) is 8.54. The summed E-state index contributed by atoms with van der Waals surface area (Å²) in [7, 11) is 3.14. The van der Waals surface area contributed by atoms with E-state index >= 15 is 0 Å². The molecule has 0 saturated carbocycles. The van der Waals surface area contributed by atoms with E-state index in [2.05, 4.69) is 20.6 Å². The number of aromatic nitrogens is 2. The minimum absolute atomic E-state index is 0. The van der Waals surface area contributed by atoms with E-state index in [9.17, 15) is 4.79 Å². The number of methoxy groups -OCH3 is 2. The highest BCUT2D eigenvalue weighted by molar-refractivity contribution is 5.92. The van der Waals surface area contributed by atoms with Gasteiger partial charge in [0, 0.05) is 24.5 Å². The van der Waals surface area contributed by atoms with Crippen LogP contribution in [0.1, 0.15) is 29.8 Å². The van der Waals surface area contributed by atoms with E-state index in [0.717, 1.165) is 19.3 Å². The third-order valence-corrected chi connectivity index (χ3v) is 4.40. The number of hydrogen-bond acceptors (Lipinski definition) is 8. The summed E-state index contributed by atoms with van der Waals surface area (Å²) < 4.78 is 15.7. The number of anilines is 2. The Balaban J connectivity index is 0.00000320. The smallest absolute Gasteiger partial charge is 0.286 e. The number of carbonyl (C=O) groups excluding carboxylic acids is 1. The Morgan fingerprint density at radius 3 is 2.53 bits per heavy atom. The third-order valence-electron chi connectivity index (χ3n) is 4.40. The molecule has 0 unspecified atom stereocenters. The largest absolute Gasteiger partial charge is 0.493 e. The molecule has 0 spiro atoms. The molecule has 10 heteroatoms. The number of fused-ring (bicyclic) bond motifs is 1. The van der Waals surface area contributed by atoms with Crippen LogP contribution in [0, 0.1) is 0 Å². The molecule has 30 heavy (non-hydrogen) atoms. The second kappa shape index (κ2) is 11.1. The van der Waals surface area contributed by atoms with Gasteiger partial charge in [0.05, 0.1) is 26.0 Å². The molecule has 0 saturated heterocycles. The van der Waals surface area contributed by atoms with Crippen molar-refractivity contribution in [2.24, 2.45) is 0 Å². The lowest BCUT2D eigenvalue weighted by Gasteiger charge is -2.11. The molecular formula is C20H26ClN5O4. The monoisotopic (exact) mass is 435 g/mol. The van der Waals surface area contributed by atoms with Gasteiger partial charge >= 0.3 is 0 Å². The Morgan fingerprint density at radius 2 is 1.83 bits per heavy atom. The van der Waals surface area contributed by atoms with Crippen LogP contribution in [0.3, 0.4) is 0 Å². The molecular weight excluding hydrogens is 410 g/mol. The standard InChI is InChI=1S/C20H25N5O4.ClH/c1-27-16-11-13-14(12-17(16)28-2)24-20(25-18(13)21)23-9-5-3-4-8-22-19(26)15-7-6-10-29-15;/h6-7,10-12H,3-5,8-9H2,1-2H3,(H,22,26)(H3,21,23,24,25);1H. The van der Waals surface area contributed by atoms with Crippen molar-refractivity contribution in [1.29, 1.82) is 0 Å². The Hall–Kier alpha value is -3.20. The first-order valence-corrected chi connectivity index (χ1v) is 9.37. The fourth-order valence-electron chi connectivity index (χ4n) is 2.88. The maximum absolute atomic E-state index is 11.7. The summed E-state index contributed by atoms with van der Waals surface area (Å²) in [6.07, 6.45) is 4.20. The fourth-order valence-corrected chi connectivity index (χ4v) is 2.88. The zero-order valence-corrected chi connectivity index (χ0v) is 17.8. The van der Waals surface area contributed by atoms with E-state index in [0.29, 0.717) is 53.0 Å². The van der Waals surface area contributed by atoms with Crippen LogP contribution in [0.25, 0.3) is 10.9 Å². The summed E-state index contributed by atoms with van der Waals surface area (Å²) in [5.41, 5.74) is 6.75. The second-order valence-electron chi connectivity index (χ2n) is 6.38. The molecule has 1 aromatic carbocycles. The van der Waals surface area contributed by atoms with E-state index in [-0.39, 0.29) is 18.3 Å². The highest BCUT2D eigenvalue weighted by Crippen LogP contribution is 2.33. The maximum atomic E-state index is 11.7. The number of carbonyl (C=O) groups is 1. The summed E-state index contributed by atoms with van der Waals surface area (Å²) in [6.45, 7) is 1.30. The Labute approximate surface area is 180 Å². The van der Waals surface area contributed by atoms with Gasteiger partial charge in [0.2, 0.25) is 5.95 Å². The molecule has 0 atom stereocenters. The number of furan rings is 1. The van der Waals surface area contributed by atoms with E-state index < -0.39 is 0 Å². The van der Waals surface area contributed by atoms with E-state index in [1.54, 1.807) is 38.5 Å². The molecule has 9 nitrogen and oxygen atoms in total. The minimum Gasteiger partial charge on any atom is -0.493 e. The van der Waals surface area contributed by atoms with Gasteiger partial charge < -0.3 is 30.3 Å². The third kappa shape index (κ3) is 5.66. The summed E-state index contributed by atoms with van der Waals surface area (Å²) in [4.78, 5) is 20.6. The molecule has 2 heterocycles. The minimum atomic E-state index is -0.194. The lowest BCUT2D eigenvalue weighted by molar-refractivity contribution is 0.0925. The molecule has 0 radical (unpaired) electrons. The molecule has 3 aromatic rings. The molecule has 0 fully saturated rings. The summed E-state index contributed by atoms with van der Waals surface area (Å²) in [6, 6.07) is 6.87. The number of amides is 1. The average Bonchev–Trinajstić information content (AvgIpc) is 3.27. The van der Waals surface area contributed by atoms with Crippen molar-refractivity contribution in [2.45, 2.75) is 19.3 Å². The molecule has 2 aromatic heterocycles. The lowest BCUT2D eigenvalue weighted by Crippen LogP contribution is -2.24. The first-order valence-electron chi connectivity index (χ1n) is 9.37. The van der Waals surface area contributed by atoms with Crippen molar-refractivity contribution >= 4 is 41.0 Å². The molecule has 162 valence electrons. The van der Waals surface area contributed by atoms with Crippen LogP contribution >= 0.6 is 12.4 Å². The molecule has 1 amide bonds. The summed E-state index contributed by atoms with van der Waals surface area (Å²) >= 11 is 0. The highest BCUT2D eigenvalue weighted by atomic mass is 35.5. The predicted octanol–water partition coefficient (Wildman–Crippen LogP) is 3.26. The molecule has 0 aliphatic rings. The zero-order valence-electron chi connectivity index (χ0n) is 16.9. The van der Waals surface area contributed by atoms with Gasteiger partial charge in [-0.2, -0.15) is 4.98 Å². The SMILES string of the molecule is COc1cc2nc(NCCCCCNC(=O)c3ccco3)nc(N)c2cc1OC.Cl. The van der Waals surface area contributed by atoms with Crippen LogP contribution in [-0.4, -0.2) is 43.2 Å². The van der Waals surface area contributed by atoms with Crippen LogP contribution in [0.2, 0.25) is 0 Å². The number of nitrogens with two attached hydrogens (primary N) is 1. The van der Waals surface area contributed by atoms with Crippen LogP contribution in [-0.2, 0) is 0 Å². The average molecular weight is 436 g/mol. The van der Waals surface area contributed by atoms with Crippen molar-refractivity contribution in [3.05, 3.63) is 36.3 Å². The van der Waals surface area contributed by atoms with E-state index in [4.69, 9.17) is 19.6 Å².